The maximum Gasteiger partial charge on any atom is 0.151 e. The molecule has 1 aromatic heterocycles. The molecule has 0 spiro atoms. The maximum absolute atomic E-state index is 12.8. The summed E-state index contributed by atoms with van der Waals surface area (Å²) < 4.78 is 14.5. The number of benzene rings is 2. The Morgan fingerprint density at radius 3 is 2.43 bits per heavy atom. The summed E-state index contributed by atoms with van der Waals surface area (Å²) in [5, 5.41) is 13.2. The monoisotopic (exact) mass is 306 g/mol. The summed E-state index contributed by atoms with van der Waals surface area (Å²) in [5.41, 5.74) is 2.60. The smallest absolute Gasteiger partial charge is 0.151 e. The third-order valence-electron chi connectivity index (χ3n) is 3.58. The number of hydrogen-bond donors (Lipinski definition) is 0. The molecule has 0 radical (unpaired) electrons. The number of aryl methyl sites for hydroxylation is 2. The topological polar surface area (TPSA) is 54.5 Å². The van der Waals surface area contributed by atoms with Gasteiger partial charge in [0, 0.05) is 6.42 Å². The van der Waals surface area contributed by atoms with Gasteiger partial charge in [-0.05, 0) is 54.8 Å². The van der Waals surface area contributed by atoms with E-state index in [9.17, 15) is 4.39 Å². The average molecular weight is 306 g/mol. The molecule has 23 heavy (non-hydrogen) atoms. The number of nitrogens with zero attached hydrogens (tertiary/aromatic N) is 4. The van der Waals surface area contributed by atoms with Crippen LogP contribution in [0.2, 0.25) is 0 Å². The van der Waals surface area contributed by atoms with E-state index in [0.717, 1.165) is 36.3 Å². The zero-order valence-electron chi connectivity index (χ0n) is 12.5. The fourth-order valence-corrected chi connectivity index (χ4v) is 2.33. The van der Waals surface area contributed by atoms with Crippen molar-refractivity contribution in [3.63, 3.8) is 0 Å². The van der Waals surface area contributed by atoms with Gasteiger partial charge in [0.25, 0.3) is 0 Å². The minimum absolute atomic E-state index is 0.212. The van der Waals surface area contributed by atoms with Crippen molar-refractivity contribution < 1.29 is 4.39 Å². The molecule has 0 aliphatic carbocycles. The van der Waals surface area contributed by atoms with Crippen LogP contribution in [0.4, 0.5) is 4.39 Å². The molecule has 0 N–H and O–H groups in total. The Morgan fingerprint density at radius 1 is 1.00 bits per heavy atom. The van der Waals surface area contributed by atoms with Gasteiger partial charge in [-0.25, -0.2) is 14.1 Å². The first-order valence-electron chi connectivity index (χ1n) is 7.40. The number of hydrogen-bond acceptors (Lipinski definition) is 3. The highest BCUT2D eigenvalue weighted by molar-refractivity contribution is 5.38. The SMILES string of the molecule is N#Cc1ccc(-n2cnc(CCCc3ccc(F)cc3)n2)cc1. The molecule has 0 amide bonds. The molecular weight excluding hydrogens is 291 g/mol. The second-order valence-corrected chi connectivity index (χ2v) is 5.24. The van der Waals surface area contributed by atoms with Gasteiger partial charge in [0.2, 0.25) is 0 Å². The Hall–Kier alpha value is -3.00. The Labute approximate surface area is 133 Å². The molecule has 1 heterocycles. The highest BCUT2D eigenvalue weighted by Crippen LogP contribution is 2.10. The lowest BCUT2D eigenvalue weighted by Gasteiger charge is -2.00. The number of rotatable bonds is 5. The quantitative estimate of drug-likeness (QED) is 0.725. The molecule has 0 atom stereocenters. The van der Waals surface area contributed by atoms with Crippen molar-refractivity contribution in [2.45, 2.75) is 19.3 Å². The number of nitriles is 1. The van der Waals surface area contributed by atoms with E-state index in [2.05, 4.69) is 16.2 Å². The van der Waals surface area contributed by atoms with Crippen LogP contribution >= 0.6 is 0 Å². The molecular formula is C18H15FN4. The van der Waals surface area contributed by atoms with Gasteiger partial charge in [0.05, 0.1) is 17.3 Å². The van der Waals surface area contributed by atoms with Crippen LogP contribution in [-0.4, -0.2) is 14.8 Å². The van der Waals surface area contributed by atoms with Gasteiger partial charge in [-0.2, -0.15) is 10.4 Å². The molecule has 4 nitrogen and oxygen atoms in total. The molecule has 3 aromatic rings. The normalized spacial score (nSPS) is 10.4. The largest absolute Gasteiger partial charge is 0.221 e. The average Bonchev–Trinajstić information content (AvgIpc) is 3.06. The van der Waals surface area contributed by atoms with Crippen LogP contribution in [0.3, 0.4) is 0 Å². The first-order valence-corrected chi connectivity index (χ1v) is 7.40. The predicted octanol–water partition coefficient (Wildman–Crippen LogP) is 3.45. The highest BCUT2D eigenvalue weighted by Gasteiger charge is 2.04. The van der Waals surface area contributed by atoms with Crippen LogP contribution < -0.4 is 0 Å². The Morgan fingerprint density at radius 2 is 1.74 bits per heavy atom. The van der Waals surface area contributed by atoms with Gasteiger partial charge in [-0.1, -0.05) is 12.1 Å². The second-order valence-electron chi connectivity index (χ2n) is 5.24. The molecule has 0 fully saturated rings. The predicted molar refractivity (Wildman–Crippen MR) is 84.5 cm³/mol. The zero-order valence-corrected chi connectivity index (χ0v) is 12.5. The van der Waals surface area contributed by atoms with E-state index in [1.165, 1.54) is 12.1 Å². The summed E-state index contributed by atoms with van der Waals surface area (Å²) >= 11 is 0. The van der Waals surface area contributed by atoms with Gasteiger partial charge in [0.1, 0.15) is 12.1 Å². The van der Waals surface area contributed by atoms with Crippen molar-refractivity contribution in [3.05, 3.63) is 77.6 Å². The number of aromatic nitrogens is 3. The molecule has 0 saturated heterocycles. The van der Waals surface area contributed by atoms with E-state index in [-0.39, 0.29) is 5.82 Å². The lowest BCUT2D eigenvalue weighted by molar-refractivity contribution is 0.626. The van der Waals surface area contributed by atoms with Gasteiger partial charge in [-0.15, -0.1) is 0 Å². The zero-order chi connectivity index (χ0) is 16.1. The third-order valence-corrected chi connectivity index (χ3v) is 3.58. The first-order chi connectivity index (χ1) is 11.2. The summed E-state index contributed by atoms with van der Waals surface area (Å²) in [4.78, 5) is 4.31. The lowest BCUT2D eigenvalue weighted by Crippen LogP contribution is -1.97. The van der Waals surface area contributed by atoms with Crippen LogP contribution in [-0.2, 0) is 12.8 Å². The second kappa shape index (κ2) is 6.84. The van der Waals surface area contributed by atoms with Crippen molar-refractivity contribution in [1.29, 1.82) is 5.26 Å². The van der Waals surface area contributed by atoms with E-state index in [1.807, 2.05) is 12.1 Å². The van der Waals surface area contributed by atoms with Crippen LogP contribution in [0.5, 0.6) is 0 Å². The van der Waals surface area contributed by atoms with E-state index >= 15 is 0 Å². The van der Waals surface area contributed by atoms with Gasteiger partial charge < -0.3 is 0 Å². The number of halogens is 1. The first kappa shape index (κ1) is 14.9. The molecule has 0 aliphatic heterocycles. The minimum atomic E-state index is -0.212. The van der Waals surface area contributed by atoms with E-state index in [0.29, 0.717) is 5.56 Å². The van der Waals surface area contributed by atoms with Gasteiger partial charge in [-0.3, -0.25) is 0 Å². The van der Waals surface area contributed by atoms with Crippen molar-refractivity contribution in [2.24, 2.45) is 0 Å². The van der Waals surface area contributed by atoms with Crippen molar-refractivity contribution in [1.82, 2.24) is 14.8 Å². The van der Waals surface area contributed by atoms with Crippen LogP contribution in [0.1, 0.15) is 23.4 Å². The maximum atomic E-state index is 12.8. The third kappa shape index (κ3) is 3.80. The van der Waals surface area contributed by atoms with Crippen LogP contribution in [0.15, 0.2) is 54.9 Å². The lowest BCUT2D eigenvalue weighted by atomic mass is 10.1. The Bertz CT molecular complexity index is 813. The summed E-state index contributed by atoms with van der Waals surface area (Å²) in [7, 11) is 0. The summed E-state index contributed by atoms with van der Waals surface area (Å²) in [6, 6.07) is 15.9. The molecule has 2 aromatic carbocycles. The van der Waals surface area contributed by atoms with E-state index in [4.69, 9.17) is 5.26 Å². The summed E-state index contributed by atoms with van der Waals surface area (Å²) in [6.45, 7) is 0. The molecule has 0 unspecified atom stereocenters. The fourth-order valence-electron chi connectivity index (χ4n) is 2.33. The summed E-state index contributed by atoms with van der Waals surface area (Å²) in [5.74, 6) is 0.563. The molecule has 114 valence electrons. The molecule has 0 aliphatic rings. The molecule has 5 heteroatoms. The fraction of sp³-hybridized carbons (Fsp3) is 0.167. The van der Waals surface area contributed by atoms with Crippen molar-refractivity contribution in [3.8, 4) is 11.8 Å². The van der Waals surface area contributed by atoms with Gasteiger partial charge in [0.15, 0.2) is 5.82 Å². The molecule has 0 saturated carbocycles. The standard InChI is InChI=1S/C18H15FN4/c19-16-8-4-14(5-9-16)2-1-3-18-21-13-23(22-18)17-10-6-15(12-20)7-11-17/h4-11,13H,1-3H2. The van der Waals surface area contributed by atoms with Crippen LogP contribution in [0, 0.1) is 17.1 Å². The Balaban J connectivity index is 1.58. The summed E-state index contributed by atoms with van der Waals surface area (Å²) in [6.07, 6.45) is 4.21. The van der Waals surface area contributed by atoms with Crippen LogP contribution in [0.25, 0.3) is 5.69 Å². The minimum Gasteiger partial charge on any atom is -0.221 e. The van der Waals surface area contributed by atoms with E-state index < -0.39 is 0 Å². The van der Waals surface area contributed by atoms with Crippen molar-refractivity contribution in [2.75, 3.05) is 0 Å². The molecule has 3 rings (SSSR count). The molecule has 0 bridgehead atoms. The van der Waals surface area contributed by atoms with Gasteiger partial charge >= 0.3 is 0 Å². The van der Waals surface area contributed by atoms with Crippen molar-refractivity contribution >= 4 is 0 Å². The Kier molecular flexibility index (Phi) is 4.44. The van der Waals surface area contributed by atoms with E-state index in [1.54, 1.807) is 35.3 Å². The highest BCUT2D eigenvalue weighted by atomic mass is 19.1.